The van der Waals surface area contributed by atoms with E-state index >= 15 is 0 Å². The zero-order valence-electron chi connectivity index (χ0n) is 6.78. The summed E-state index contributed by atoms with van der Waals surface area (Å²) in [6, 6.07) is 4.40. The van der Waals surface area contributed by atoms with E-state index in [0.717, 1.165) is 0 Å². The minimum Gasteiger partial charge on any atom is -0.206 e. The van der Waals surface area contributed by atoms with Crippen molar-refractivity contribution in [1.29, 1.82) is 0 Å². The topological polar surface area (TPSA) is 0 Å². The molecule has 0 aromatic heterocycles. The lowest BCUT2D eigenvalue weighted by Crippen LogP contribution is -1.82. The number of hydrogen-bond acceptors (Lipinski definition) is 0. The summed E-state index contributed by atoms with van der Waals surface area (Å²) in [5, 5.41) is 0.375. The summed E-state index contributed by atoms with van der Waals surface area (Å²) in [4.78, 5) is 0. The molecule has 0 nitrogen and oxygen atoms in total. The molecule has 3 heteroatoms. The maximum atomic E-state index is 13.1. The van der Waals surface area contributed by atoms with Gasteiger partial charge in [-0.25, -0.2) is 4.39 Å². The van der Waals surface area contributed by atoms with E-state index in [-0.39, 0.29) is 0 Å². The van der Waals surface area contributed by atoms with Crippen LogP contribution in [-0.4, -0.2) is 5.88 Å². The molecule has 0 saturated heterocycles. The van der Waals surface area contributed by atoms with Crippen LogP contribution in [0.4, 0.5) is 4.39 Å². The quantitative estimate of drug-likeness (QED) is 0.499. The smallest absolute Gasteiger partial charge is 0.140 e. The molecule has 0 bridgehead atoms. The maximum Gasteiger partial charge on any atom is 0.140 e. The predicted octanol–water partition coefficient (Wildman–Crippen LogP) is 3.46. The molecule has 13 heavy (non-hydrogen) atoms. The molecule has 0 aliphatic rings. The van der Waals surface area contributed by atoms with Crippen molar-refractivity contribution in [2.75, 3.05) is 5.88 Å². The largest absolute Gasteiger partial charge is 0.206 e. The van der Waals surface area contributed by atoms with Crippen LogP contribution in [0.2, 0.25) is 5.02 Å². The van der Waals surface area contributed by atoms with E-state index < -0.39 is 5.82 Å². The normalized spacial score (nSPS) is 9.15. The highest BCUT2D eigenvalue weighted by molar-refractivity contribution is 6.30. The molecule has 0 heterocycles. The van der Waals surface area contributed by atoms with Crippen LogP contribution in [0.5, 0.6) is 0 Å². The molecule has 1 aromatic carbocycles. The molecular formula is C10H7Cl2F. The number of benzene rings is 1. The molecule has 0 N–H and O–H groups in total. The Morgan fingerprint density at radius 2 is 2.15 bits per heavy atom. The SMILES string of the molecule is Fc1cc(Cl)ccc1C#CCCCl. The molecule has 0 aliphatic heterocycles. The molecule has 0 fully saturated rings. The first-order valence-electron chi connectivity index (χ1n) is 3.74. The summed E-state index contributed by atoms with van der Waals surface area (Å²) in [5.74, 6) is 5.49. The fourth-order valence-corrected chi connectivity index (χ4v) is 1.05. The third-order valence-electron chi connectivity index (χ3n) is 1.37. The Kier molecular flexibility index (Phi) is 4.08. The van der Waals surface area contributed by atoms with Gasteiger partial charge in [-0.3, -0.25) is 0 Å². The summed E-state index contributed by atoms with van der Waals surface area (Å²) in [6.45, 7) is 0. The van der Waals surface area contributed by atoms with Crippen LogP contribution in [0.3, 0.4) is 0 Å². The first-order chi connectivity index (χ1) is 6.24. The maximum absolute atomic E-state index is 13.1. The Morgan fingerprint density at radius 3 is 2.77 bits per heavy atom. The molecular weight excluding hydrogens is 210 g/mol. The number of alkyl halides is 1. The van der Waals surface area contributed by atoms with Gasteiger partial charge < -0.3 is 0 Å². The van der Waals surface area contributed by atoms with Gasteiger partial charge in [0.15, 0.2) is 0 Å². The molecule has 0 spiro atoms. The molecule has 0 amide bonds. The van der Waals surface area contributed by atoms with Crippen molar-refractivity contribution < 1.29 is 4.39 Å². The third kappa shape index (κ3) is 3.26. The van der Waals surface area contributed by atoms with Gasteiger partial charge in [0.1, 0.15) is 5.82 Å². The van der Waals surface area contributed by atoms with E-state index in [4.69, 9.17) is 23.2 Å². The van der Waals surface area contributed by atoms with Crippen LogP contribution in [0, 0.1) is 17.7 Å². The third-order valence-corrected chi connectivity index (χ3v) is 1.80. The summed E-state index contributed by atoms with van der Waals surface area (Å²) < 4.78 is 13.1. The molecule has 0 unspecified atom stereocenters. The standard InChI is InChI=1S/C10H7Cl2F/c11-6-2-1-3-8-4-5-9(12)7-10(8)13/h4-5,7H,2,6H2. The van der Waals surface area contributed by atoms with Crippen LogP contribution in [0.25, 0.3) is 0 Å². The number of rotatable bonds is 1. The van der Waals surface area contributed by atoms with Crippen molar-refractivity contribution in [1.82, 2.24) is 0 Å². The second-order valence-corrected chi connectivity index (χ2v) is 3.18. The van der Waals surface area contributed by atoms with E-state index in [9.17, 15) is 4.39 Å². The molecule has 0 radical (unpaired) electrons. The Morgan fingerprint density at radius 1 is 1.38 bits per heavy atom. The van der Waals surface area contributed by atoms with Crippen LogP contribution in [0.1, 0.15) is 12.0 Å². The Hall–Kier alpha value is -0.710. The van der Waals surface area contributed by atoms with E-state index in [1.807, 2.05) is 0 Å². The van der Waals surface area contributed by atoms with Gasteiger partial charge >= 0.3 is 0 Å². The van der Waals surface area contributed by atoms with Gasteiger partial charge in [0.2, 0.25) is 0 Å². The number of hydrogen-bond donors (Lipinski definition) is 0. The second kappa shape index (κ2) is 5.11. The lowest BCUT2D eigenvalue weighted by Gasteiger charge is -1.93. The summed E-state index contributed by atoms with van der Waals surface area (Å²) in [7, 11) is 0. The minimum atomic E-state index is -0.394. The van der Waals surface area contributed by atoms with Gasteiger partial charge in [-0.05, 0) is 18.2 Å². The molecule has 0 aliphatic carbocycles. The van der Waals surface area contributed by atoms with Crippen molar-refractivity contribution in [2.24, 2.45) is 0 Å². The monoisotopic (exact) mass is 216 g/mol. The zero-order valence-corrected chi connectivity index (χ0v) is 8.29. The molecule has 1 aromatic rings. The average Bonchev–Trinajstić information content (AvgIpc) is 2.09. The fraction of sp³-hybridized carbons (Fsp3) is 0.200. The second-order valence-electron chi connectivity index (χ2n) is 2.36. The summed E-state index contributed by atoms with van der Waals surface area (Å²) in [6.07, 6.45) is 0.559. The first-order valence-corrected chi connectivity index (χ1v) is 4.65. The Balaban J connectivity index is 2.85. The summed E-state index contributed by atoms with van der Waals surface area (Å²) >= 11 is 11.0. The van der Waals surface area contributed by atoms with E-state index in [1.165, 1.54) is 6.07 Å². The van der Waals surface area contributed by atoms with Gasteiger partial charge in [-0.2, -0.15) is 0 Å². The highest BCUT2D eigenvalue weighted by atomic mass is 35.5. The van der Waals surface area contributed by atoms with Crippen LogP contribution < -0.4 is 0 Å². The highest BCUT2D eigenvalue weighted by Crippen LogP contribution is 2.13. The van der Waals surface area contributed by atoms with E-state index in [2.05, 4.69) is 11.8 Å². The molecule has 0 saturated carbocycles. The van der Waals surface area contributed by atoms with E-state index in [0.29, 0.717) is 22.9 Å². The lowest BCUT2D eigenvalue weighted by atomic mass is 10.2. The first kappa shape index (κ1) is 10.4. The minimum absolute atomic E-state index is 0.356. The lowest BCUT2D eigenvalue weighted by molar-refractivity contribution is 0.624. The van der Waals surface area contributed by atoms with Gasteiger partial charge in [-0.15, -0.1) is 11.6 Å². The van der Waals surface area contributed by atoms with Gasteiger partial charge in [0, 0.05) is 17.3 Å². The van der Waals surface area contributed by atoms with Crippen LogP contribution in [0.15, 0.2) is 18.2 Å². The summed E-state index contributed by atoms with van der Waals surface area (Å²) in [5.41, 5.74) is 0.356. The van der Waals surface area contributed by atoms with Crippen molar-refractivity contribution in [2.45, 2.75) is 6.42 Å². The zero-order chi connectivity index (χ0) is 9.68. The fourth-order valence-electron chi connectivity index (χ4n) is 0.796. The molecule has 1 rings (SSSR count). The molecule has 0 atom stereocenters. The van der Waals surface area contributed by atoms with Gasteiger partial charge in [0.25, 0.3) is 0 Å². The molecule has 68 valence electrons. The predicted molar refractivity (Wildman–Crippen MR) is 53.6 cm³/mol. The van der Waals surface area contributed by atoms with Crippen molar-refractivity contribution >= 4 is 23.2 Å². The van der Waals surface area contributed by atoms with E-state index in [1.54, 1.807) is 12.1 Å². The average molecular weight is 217 g/mol. The van der Waals surface area contributed by atoms with Crippen molar-refractivity contribution in [3.63, 3.8) is 0 Å². The highest BCUT2D eigenvalue weighted by Gasteiger charge is 1.98. The van der Waals surface area contributed by atoms with Crippen LogP contribution in [-0.2, 0) is 0 Å². The Bertz CT molecular complexity index is 350. The Labute approximate surface area is 86.7 Å². The van der Waals surface area contributed by atoms with Crippen molar-refractivity contribution in [3.05, 3.63) is 34.6 Å². The van der Waals surface area contributed by atoms with Gasteiger partial charge in [-0.1, -0.05) is 23.4 Å². The number of halogens is 3. The van der Waals surface area contributed by atoms with Crippen molar-refractivity contribution in [3.8, 4) is 11.8 Å². The van der Waals surface area contributed by atoms with Crippen LogP contribution >= 0.6 is 23.2 Å². The van der Waals surface area contributed by atoms with Gasteiger partial charge in [0.05, 0.1) is 5.56 Å².